The fourth-order valence-electron chi connectivity index (χ4n) is 4.80. The van der Waals surface area contributed by atoms with E-state index in [1.807, 2.05) is 42.5 Å². The molecule has 1 amide bonds. The van der Waals surface area contributed by atoms with Crippen molar-refractivity contribution in [3.63, 3.8) is 0 Å². The number of hydrogen-bond acceptors (Lipinski definition) is 6. The van der Waals surface area contributed by atoms with Gasteiger partial charge in [0.25, 0.3) is 5.91 Å². The molecule has 5 rings (SSSR count). The van der Waals surface area contributed by atoms with Gasteiger partial charge in [0, 0.05) is 54.9 Å². The topological polar surface area (TPSA) is 88.6 Å². The number of rotatable bonds is 5. The first-order valence-electron chi connectivity index (χ1n) is 12.3. The van der Waals surface area contributed by atoms with Crippen LogP contribution in [0.5, 0.6) is 5.75 Å². The van der Waals surface area contributed by atoms with Crippen molar-refractivity contribution in [1.29, 1.82) is 5.26 Å². The lowest BCUT2D eigenvalue weighted by Gasteiger charge is -2.34. The molecule has 0 N–H and O–H groups in total. The Labute approximate surface area is 216 Å². The highest BCUT2D eigenvalue weighted by Crippen LogP contribution is 2.36. The molecule has 3 heterocycles. The number of aromatic nitrogens is 1. The second-order valence-electron chi connectivity index (χ2n) is 9.86. The second-order valence-corrected chi connectivity index (χ2v) is 9.86. The van der Waals surface area contributed by atoms with E-state index >= 15 is 0 Å². The normalized spacial score (nSPS) is 19.4. The highest BCUT2D eigenvalue weighted by molar-refractivity contribution is 5.95. The number of nitrogens with zero attached hydrogens (tertiary/aromatic N) is 3. The van der Waals surface area contributed by atoms with Gasteiger partial charge in [-0.25, -0.2) is 0 Å². The van der Waals surface area contributed by atoms with E-state index in [-0.39, 0.29) is 23.8 Å². The number of furan rings is 1. The van der Waals surface area contributed by atoms with E-state index < -0.39 is 0 Å². The van der Waals surface area contributed by atoms with Crippen LogP contribution < -0.4 is 4.74 Å². The first-order valence-corrected chi connectivity index (χ1v) is 12.3. The van der Waals surface area contributed by atoms with E-state index in [1.165, 1.54) is 0 Å². The molecule has 188 valence electrons. The van der Waals surface area contributed by atoms with Crippen LogP contribution in [0.1, 0.15) is 29.8 Å². The third-order valence-electron chi connectivity index (χ3n) is 6.79. The molecule has 0 saturated carbocycles. The Balaban J connectivity index is 1.47. The van der Waals surface area contributed by atoms with E-state index in [1.54, 1.807) is 37.3 Å². The predicted molar refractivity (Wildman–Crippen MR) is 141 cm³/mol. The zero-order chi connectivity index (χ0) is 26.1. The van der Waals surface area contributed by atoms with E-state index in [4.69, 9.17) is 13.9 Å². The van der Waals surface area contributed by atoms with Crippen molar-refractivity contribution in [2.24, 2.45) is 11.8 Å². The first-order chi connectivity index (χ1) is 17.9. The lowest BCUT2D eigenvalue weighted by Crippen LogP contribution is -2.41. The Kier molecular flexibility index (Phi) is 6.68. The summed E-state index contributed by atoms with van der Waals surface area (Å²) in [6.45, 7) is 5.52. The summed E-state index contributed by atoms with van der Waals surface area (Å²) in [5, 5.41) is 9.90. The summed E-state index contributed by atoms with van der Waals surface area (Å²) < 4.78 is 18.2. The Morgan fingerprint density at radius 3 is 2.41 bits per heavy atom. The van der Waals surface area contributed by atoms with Gasteiger partial charge in [-0.2, -0.15) is 5.26 Å². The van der Waals surface area contributed by atoms with Crippen molar-refractivity contribution in [1.82, 2.24) is 9.88 Å². The number of nitriles is 1. The van der Waals surface area contributed by atoms with E-state index in [9.17, 15) is 10.1 Å². The van der Waals surface area contributed by atoms with Gasteiger partial charge < -0.3 is 18.8 Å². The molecule has 1 fully saturated rings. The van der Waals surface area contributed by atoms with Gasteiger partial charge in [0.2, 0.25) is 0 Å². The number of carbonyl (C=O) groups is 1. The summed E-state index contributed by atoms with van der Waals surface area (Å²) in [5.41, 5.74) is 4.96. The SMILES string of the molecule is C[C@@H]1COC[C@H](C)[C@H]1Oc1ccc(-c2ccnc3cc(-c4ccc(C(=O)N(C)C)cc4)oc23)cc1C#N. The summed E-state index contributed by atoms with van der Waals surface area (Å²) in [7, 11) is 3.45. The van der Waals surface area contributed by atoms with Crippen LogP contribution in [0.3, 0.4) is 0 Å². The van der Waals surface area contributed by atoms with E-state index in [0.29, 0.717) is 47.0 Å². The molecule has 37 heavy (non-hydrogen) atoms. The Hall–Kier alpha value is -4.15. The van der Waals surface area contributed by atoms with Crippen molar-refractivity contribution in [2.45, 2.75) is 20.0 Å². The molecule has 0 aliphatic carbocycles. The molecule has 7 nitrogen and oxygen atoms in total. The number of benzene rings is 2. The smallest absolute Gasteiger partial charge is 0.253 e. The van der Waals surface area contributed by atoms with Gasteiger partial charge in [0.15, 0.2) is 5.58 Å². The fraction of sp³-hybridized carbons (Fsp3) is 0.300. The maximum atomic E-state index is 12.2. The maximum absolute atomic E-state index is 12.2. The van der Waals surface area contributed by atoms with Gasteiger partial charge in [0.05, 0.1) is 18.8 Å². The summed E-state index contributed by atoms with van der Waals surface area (Å²) in [6.07, 6.45) is 1.73. The number of fused-ring (bicyclic) bond motifs is 1. The monoisotopic (exact) mass is 495 g/mol. The van der Waals surface area contributed by atoms with Gasteiger partial charge in [-0.3, -0.25) is 9.78 Å². The summed E-state index contributed by atoms with van der Waals surface area (Å²) in [5.74, 6) is 1.66. The Bertz CT molecular complexity index is 1470. The van der Waals surface area contributed by atoms with E-state index in [2.05, 4.69) is 24.9 Å². The Morgan fingerprint density at radius 1 is 1.03 bits per heavy atom. The minimum Gasteiger partial charge on any atom is -0.488 e. The summed E-state index contributed by atoms with van der Waals surface area (Å²) >= 11 is 0. The zero-order valence-corrected chi connectivity index (χ0v) is 21.4. The largest absolute Gasteiger partial charge is 0.488 e. The number of carbonyl (C=O) groups excluding carboxylic acids is 1. The molecule has 0 unspecified atom stereocenters. The highest BCUT2D eigenvalue weighted by atomic mass is 16.5. The average molecular weight is 496 g/mol. The quantitative estimate of drug-likeness (QED) is 0.348. The number of pyridine rings is 1. The average Bonchev–Trinajstić information content (AvgIpc) is 3.35. The molecule has 0 spiro atoms. The molecule has 1 aliphatic heterocycles. The van der Waals surface area contributed by atoms with Crippen LogP contribution in [0.2, 0.25) is 0 Å². The third-order valence-corrected chi connectivity index (χ3v) is 6.79. The minimum atomic E-state index is -0.0541. The van der Waals surface area contributed by atoms with Gasteiger partial charge in [0.1, 0.15) is 29.2 Å². The van der Waals surface area contributed by atoms with Crippen LogP contribution in [0.25, 0.3) is 33.6 Å². The van der Waals surface area contributed by atoms with Crippen LogP contribution >= 0.6 is 0 Å². The van der Waals surface area contributed by atoms with Crippen LogP contribution in [-0.4, -0.2) is 49.2 Å². The lowest BCUT2D eigenvalue weighted by atomic mass is 9.92. The first kappa shape index (κ1) is 24.5. The van der Waals surface area contributed by atoms with Crippen LogP contribution in [-0.2, 0) is 4.74 Å². The molecule has 1 aliphatic rings. The zero-order valence-electron chi connectivity index (χ0n) is 21.4. The molecule has 7 heteroatoms. The van der Waals surface area contributed by atoms with Crippen LogP contribution in [0.4, 0.5) is 0 Å². The van der Waals surface area contributed by atoms with Crippen molar-refractivity contribution in [3.8, 4) is 34.3 Å². The number of amides is 1. The van der Waals surface area contributed by atoms with Crippen molar-refractivity contribution in [2.75, 3.05) is 27.3 Å². The molecule has 0 bridgehead atoms. The predicted octanol–water partition coefficient (Wildman–Crippen LogP) is 5.79. The van der Waals surface area contributed by atoms with Crippen LogP contribution in [0.15, 0.2) is 65.2 Å². The molecule has 3 atom stereocenters. The van der Waals surface area contributed by atoms with Crippen molar-refractivity contribution in [3.05, 3.63) is 71.9 Å². The van der Waals surface area contributed by atoms with Gasteiger partial charge in [-0.1, -0.05) is 32.0 Å². The van der Waals surface area contributed by atoms with Crippen molar-refractivity contribution < 1.29 is 18.7 Å². The highest BCUT2D eigenvalue weighted by Gasteiger charge is 2.31. The lowest BCUT2D eigenvalue weighted by molar-refractivity contribution is -0.0551. The summed E-state index contributed by atoms with van der Waals surface area (Å²) in [6, 6.07) is 19.0. The van der Waals surface area contributed by atoms with Gasteiger partial charge in [-0.15, -0.1) is 0 Å². The maximum Gasteiger partial charge on any atom is 0.253 e. The standard InChI is InChI=1S/C30H29N3O4/c1-18-16-35-17-19(2)28(18)36-26-10-9-22(13-23(26)15-31)24-11-12-32-25-14-27(37-29(24)25)20-5-7-21(8-6-20)30(34)33(3)4/h5-14,18-19,28H,16-17H2,1-4H3/t18-,19+,28+. The molecular formula is C30H29N3O4. The Morgan fingerprint density at radius 2 is 1.73 bits per heavy atom. The third kappa shape index (κ3) is 4.81. The molecule has 2 aromatic heterocycles. The van der Waals surface area contributed by atoms with Gasteiger partial charge >= 0.3 is 0 Å². The molecule has 4 aromatic rings. The molecular weight excluding hydrogens is 466 g/mol. The second kappa shape index (κ2) is 10.1. The van der Waals surface area contributed by atoms with Crippen LogP contribution in [0, 0.1) is 23.2 Å². The number of hydrogen-bond donors (Lipinski definition) is 0. The van der Waals surface area contributed by atoms with Gasteiger partial charge in [-0.05, 0) is 35.9 Å². The van der Waals surface area contributed by atoms with E-state index in [0.717, 1.165) is 16.7 Å². The minimum absolute atomic E-state index is 0.00799. The molecule has 0 radical (unpaired) electrons. The molecule has 2 aromatic carbocycles. The summed E-state index contributed by atoms with van der Waals surface area (Å²) in [4.78, 5) is 18.2. The molecule has 1 saturated heterocycles. The van der Waals surface area contributed by atoms with Crippen molar-refractivity contribution >= 4 is 17.0 Å². The fourth-order valence-corrected chi connectivity index (χ4v) is 4.80. The number of ether oxygens (including phenoxy) is 2.